The maximum Gasteiger partial charge on any atom is 0.306 e. The van der Waals surface area contributed by atoms with Crippen LogP contribution in [0, 0.1) is 0 Å². The summed E-state index contributed by atoms with van der Waals surface area (Å²) in [5.74, 6) is -0.128. The molecule has 0 radical (unpaired) electrons. The summed E-state index contributed by atoms with van der Waals surface area (Å²) >= 11 is 0. The predicted molar refractivity (Wildman–Crippen MR) is 107 cm³/mol. The molecule has 0 aliphatic heterocycles. The molecule has 0 aliphatic carbocycles. The molecule has 0 spiro atoms. The normalized spacial score (nSPS) is 13.6. The van der Waals surface area contributed by atoms with Gasteiger partial charge in [-0.3, -0.25) is 4.79 Å². The van der Waals surface area contributed by atoms with Gasteiger partial charge in [0.2, 0.25) is 0 Å². The van der Waals surface area contributed by atoms with Gasteiger partial charge in [-0.2, -0.15) is 0 Å². The van der Waals surface area contributed by atoms with Crippen molar-refractivity contribution >= 4 is 5.97 Å². The maximum atomic E-state index is 11.5. The lowest BCUT2D eigenvalue weighted by atomic mass is 10.0. The van der Waals surface area contributed by atoms with Gasteiger partial charge in [0, 0.05) is 6.42 Å². The Morgan fingerprint density at radius 3 is 1.80 bits per heavy atom. The molecule has 0 aromatic rings. The summed E-state index contributed by atoms with van der Waals surface area (Å²) in [7, 11) is 0. The van der Waals surface area contributed by atoms with Crippen molar-refractivity contribution < 1.29 is 14.6 Å². The van der Waals surface area contributed by atoms with Crippen LogP contribution in [-0.4, -0.2) is 23.3 Å². The number of ether oxygens (including phenoxy) is 1. The molecule has 0 saturated carbocycles. The molecule has 3 nitrogen and oxygen atoms in total. The number of hydrogen-bond donors (Lipinski definition) is 1. The lowest BCUT2D eigenvalue weighted by Crippen LogP contribution is -2.14. The molecule has 0 heterocycles. The van der Waals surface area contributed by atoms with Crippen LogP contribution in [0.5, 0.6) is 0 Å². The molecule has 0 aliphatic rings. The van der Waals surface area contributed by atoms with Crippen molar-refractivity contribution in [3.63, 3.8) is 0 Å². The standard InChI is InChI=1S/C22H44O3/c1-4-6-7-8-9-10-11-12-13-14-15-17-21(23)18-16-19-22(24)25-20(3)5-2/h20-21,23H,4-19H2,1-3H3. The van der Waals surface area contributed by atoms with Crippen LogP contribution < -0.4 is 0 Å². The van der Waals surface area contributed by atoms with Crippen molar-refractivity contribution in [3.8, 4) is 0 Å². The van der Waals surface area contributed by atoms with E-state index in [1.165, 1.54) is 64.2 Å². The van der Waals surface area contributed by atoms with Crippen LogP contribution in [0.2, 0.25) is 0 Å². The van der Waals surface area contributed by atoms with E-state index in [1.54, 1.807) is 0 Å². The summed E-state index contributed by atoms with van der Waals surface area (Å²) < 4.78 is 5.23. The average molecular weight is 357 g/mol. The first kappa shape index (κ1) is 24.4. The molecule has 0 rings (SSSR count). The van der Waals surface area contributed by atoms with Crippen LogP contribution in [0.15, 0.2) is 0 Å². The van der Waals surface area contributed by atoms with E-state index >= 15 is 0 Å². The number of carbonyl (C=O) groups is 1. The quantitative estimate of drug-likeness (QED) is 0.223. The molecule has 0 aromatic heterocycles. The third kappa shape index (κ3) is 18.0. The fourth-order valence-electron chi connectivity index (χ4n) is 3.04. The molecular weight excluding hydrogens is 312 g/mol. The highest BCUT2D eigenvalue weighted by atomic mass is 16.5. The second-order valence-electron chi connectivity index (χ2n) is 7.58. The second-order valence-corrected chi connectivity index (χ2v) is 7.58. The minimum Gasteiger partial charge on any atom is -0.463 e. The molecule has 3 heteroatoms. The Morgan fingerprint density at radius 1 is 0.800 bits per heavy atom. The summed E-state index contributed by atoms with van der Waals surface area (Å²) in [4.78, 5) is 11.5. The molecule has 0 amide bonds. The largest absolute Gasteiger partial charge is 0.463 e. The van der Waals surface area contributed by atoms with Gasteiger partial charge in [-0.05, 0) is 32.6 Å². The van der Waals surface area contributed by atoms with E-state index in [-0.39, 0.29) is 18.2 Å². The Hall–Kier alpha value is -0.570. The van der Waals surface area contributed by atoms with Crippen molar-refractivity contribution in [3.05, 3.63) is 0 Å². The van der Waals surface area contributed by atoms with Crippen molar-refractivity contribution in [2.75, 3.05) is 0 Å². The topological polar surface area (TPSA) is 46.5 Å². The van der Waals surface area contributed by atoms with Crippen molar-refractivity contribution in [1.82, 2.24) is 0 Å². The monoisotopic (exact) mass is 356 g/mol. The van der Waals surface area contributed by atoms with E-state index in [9.17, 15) is 9.90 Å². The zero-order valence-corrected chi connectivity index (χ0v) is 17.2. The van der Waals surface area contributed by atoms with Crippen LogP contribution in [0.1, 0.15) is 124 Å². The number of aliphatic hydroxyl groups is 1. The minimum absolute atomic E-state index is 0.00811. The maximum absolute atomic E-state index is 11.5. The Labute approximate surface area is 156 Å². The smallest absolute Gasteiger partial charge is 0.306 e. The molecule has 1 N–H and O–H groups in total. The number of esters is 1. The fourth-order valence-corrected chi connectivity index (χ4v) is 3.04. The van der Waals surface area contributed by atoms with Crippen LogP contribution >= 0.6 is 0 Å². The highest BCUT2D eigenvalue weighted by molar-refractivity contribution is 5.69. The van der Waals surface area contributed by atoms with E-state index in [4.69, 9.17) is 4.74 Å². The van der Waals surface area contributed by atoms with Gasteiger partial charge in [-0.25, -0.2) is 0 Å². The predicted octanol–water partition coefficient (Wildman–Crippen LogP) is 6.56. The molecule has 2 atom stereocenters. The van der Waals surface area contributed by atoms with Crippen LogP contribution in [-0.2, 0) is 9.53 Å². The van der Waals surface area contributed by atoms with Crippen LogP contribution in [0.25, 0.3) is 0 Å². The number of hydrogen-bond acceptors (Lipinski definition) is 3. The Balaban J connectivity index is 3.30. The van der Waals surface area contributed by atoms with Gasteiger partial charge in [0.15, 0.2) is 0 Å². The molecule has 0 bridgehead atoms. The lowest BCUT2D eigenvalue weighted by Gasteiger charge is -2.12. The van der Waals surface area contributed by atoms with Crippen LogP contribution in [0.3, 0.4) is 0 Å². The number of unbranched alkanes of at least 4 members (excludes halogenated alkanes) is 10. The molecule has 0 fully saturated rings. The Kier molecular flexibility index (Phi) is 17.8. The molecular formula is C22H44O3. The first-order chi connectivity index (χ1) is 12.1. The summed E-state index contributed by atoms with van der Waals surface area (Å²) in [6, 6.07) is 0. The summed E-state index contributed by atoms with van der Waals surface area (Å²) in [5, 5.41) is 9.98. The third-order valence-electron chi connectivity index (χ3n) is 4.97. The molecule has 150 valence electrons. The molecule has 0 aromatic carbocycles. The number of aliphatic hydroxyl groups excluding tert-OH is 1. The SMILES string of the molecule is CCCCCCCCCCCCCC(O)CCCC(=O)OC(C)CC. The number of carbonyl (C=O) groups excluding carboxylic acids is 1. The highest BCUT2D eigenvalue weighted by Crippen LogP contribution is 2.14. The van der Waals surface area contributed by atoms with E-state index in [0.29, 0.717) is 12.8 Å². The van der Waals surface area contributed by atoms with E-state index in [0.717, 1.165) is 25.7 Å². The van der Waals surface area contributed by atoms with Gasteiger partial charge in [-0.15, -0.1) is 0 Å². The van der Waals surface area contributed by atoms with E-state index < -0.39 is 0 Å². The summed E-state index contributed by atoms with van der Waals surface area (Å²) in [6.07, 6.45) is 18.0. The van der Waals surface area contributed by atoms with E-state index in [1.807, 2.05) is 13.8 Å². The zero-order chi connectivity index (χ0) is 18.8. The third-order valence-corrected chi connectivity index (χ3v) is 4.97. The summed E-state index contributed by atoms with van der Waals surface area (Å²) in [6.45, 7) is 6.19. The number of rotatable bonds is 18. The van der Waals surface area contributed by atoms with Gasteiger partial charge in [0.05, 0.1) is 12.2 Å². The van der Waals surface area contributed by atoms with Gasteiger partial charge in [0.1, 0.15) is 0 Å². The van der Waals surface area contributed by atoms with Crippen molar-refractivity contribution in [2.24, 2.45) is 0 Å². The molecule has 0 saturated heterocycles. The molecule has 25 heavy (non-hydrogen) atoms. The van der Waals surface area contributed by atoms with Crippen LogP contribution in [0.4, 0.5) is 0 Å². The van der Waals surface area contributed by atoms with E-state index in [2.05, 4.69) is 6.92 Å². The second kappa shape index (κ2) is 18.2. The lowest BCUT2D eigenvalue weighted by molar-refractivity contribution is -0.148. The zero-order valence-electron chi connectivity index (χ0n) is 17.2. The minimum atomic E-state index is -0.255. The Morgan fingerprint density at radius 2 is 1.28 bits per heavy atom. The van der Waals surface area contributed by atoms with Gasteiger partial charge in [0.25, 0.3) is 0 Å². The van der Waals surface area contributed by atoms with Crippen molar-refractivity contribution in [1.29, 1.82) is 0 Å². The molecule has 2 unspecified atom stereocenters. The first-order valence-electron chi connectivity index (χ1n) is 11.0. The average Bonchev–Trinajstić information content (AvgIpc) is 2.59. The Bertz CT molecular complexity index is 291. The highest BCUT2D eigenvalue weighted by Gasteiger charge is 2.09. The first-order valence-corrected chi connectivity index (χ1v) is 11.0. The van der Waals surface area contributed by atoms with Gasteiger partial charge >= 0.3 is 5.97 Å². The van der Waals surface area contributed by atoms with Crippen molar-refractivity contribution in [2.45, 2.75) is 136 Å². The fraction of sp³-hybridized carbons (Fsp3) is 0.955. The summed E-state index contributed by atoms with van der Waals surface area (Å²) in [5.41, 5.74) is 0. The van der Waals surface area contributed by atoms with Gasteiger partial charge in [-0.1, -0.05) is 84.5 Å². The van der Waals surface area contributed by atoms with Gasteiger partial charge < -0.3 is 9.84 Å².